The van der Waals surface area contributed by atoms with Gasteiger partial charge in [-0.15, -0.1) is 0 Å². The lowest BCUT2D eigenvalue weighted by Gasteiger charge is -2.18. The first-order valence-electron chi connectivity index (χ1n) is 4.22. The molecule has 0 saturated heterocycles. The molecule has 0 saturated carbocycles. The molecule has 0 aliphatic rings. The van der Waals surface area contributed by atoms with Gasteiger partial charge in [0.2, 0.25) is 0 Å². The third kappa shape index (κ3) is 2.53. The molecule has 2 atom stereocenters. The number of hydrogen-bond acceptors (Lipinski definition) is 2. The van der Waals surface area contributed by atoms with Gasteiger partial charge in [-0.3, -0.25) is 0 Å². The van der Waals surface area contributed by atoms with E-state index in [1.165, 1.54) is 13.2 Å². The quantitative estimate of drug-likeness (QED) is 0.908. The van der Waals surface area contributed by atoms with E-state index in [-0.39, 0.29) is 5.56 Å². The maximum Gasteiger partial charge on any atom is 0.129 e. The van der Waals surface area contributed by atoms with Gasteiger partial charge in [-0.2, -0.15) is 0 Å². The van der Waals surface area contributed by atoms with Gasteiger partial charge in [0.1, 0.15) is 11.9 Å². The van der Waals surface area contributed by atoms with Gasteiger partial charge in [0, 0.05) is 17.1 Å². The monoisotopic (exact) mass is 262 g/mol. The van der Waals surface area contributed by atoms with Crippen LogP contribution in [0.5, 0.6) is 0 Å². The second-order valence-corrected chi connectivity index (χ2v) is 3.97. The van der Waals surface area contributed by atoms with Gasteiger partial charge in [0.15, 0.2) is 0 Å². The highest BCUT2D eigenvalue weighted by Crippen LogP contribution is 2.24. The summed E-state index contributed by atoms with van der Waals surface area (Å²) in [6.07, 6.45) is -1.38. The minimum atomic E-state index is -0.947. The van der Waals surface area contributed by atoms with Crippen molar-refractivity contribution in [1.82, 2.24) is 0 Å². The molecule has 0 radical (unpaired) electrons. The number of halogens is 2. The fraction of sp³-hybridized carbons (Fsp3) is 0.400. The summed E-state index contributed by atoms with van der Waals surface area (Å²) in [7, 11) is 1.48. The molecule has 1 N–H and O–H groups in total. The predicted octanol–water partition coefficient (Wildman–Crippen LogP) is 2.66. The Morgan fingerprint density at radius 3 is 2.71 bits per heavy atom. The number of ether oxygens (including phenoxy) is 1. The molecule has 0 amide bonds. The van der Waals surface area contributed by atoms with Crippen molar-refractivity contribution in [2.75, 3.05) is 7.11 Å². The summed E-state index contributed by atoms with van der Waals surface area (Å²) in [6.45, 7) is 1.69. The Morgan fingerprint density at radius 1 is 1.50 bits per heavy atom. The highest BCUT2D eigenvalue weighted by Gasteiger charge is 2.19. The first kappa shape index (κ1) is 11.6. The predicted molar refractivity (Wildman–Crippen MR) is 55.5 cm³/mol. The first-order chi connectivity index (χ1) is 6.56. The molecule has 0 spiro atoms. The average molecular weight is 263 g/mol. The van der Waals surface area contributed by atoms with Gasteiger partial charge in [-0.25, -0.2) is 4.39 Å². The van der Waals surface area contributed by atoms with Gasteiger partial charge >= 0.3 is 0 Å². The van der Waals surface area contributed by atoms with E-state index in [1.54, 1.807) is 19.1 Å². The van der Waals surface area contributed by atoms with E-state index in [9.17, 15) is 9.50 Å². The van der Waals surface area contributed by atoms with Crippen molar-refractivity contribution in [2.24, 2.45) is 0 Å². The van der Waals surface area contributed by atoms with Crippen LogP contribution in [-0.4, -0.2) is 18.3 Å². The molecule has 0 aliphatic heterocycles. The molecule has 0 aliphatic carbocycles. The summed E-state index contributed by atoms with van der Waals surface area (Å²) in [5.74, 6) is -0.426. The van der Waals surface area contributed by atoms with Crippen molar-refractivity contribution in [1.29, 1.82) is 0 Å². The Labute approximate surface area is 90.8 Å². The summed E-state index contributed by atoms with van der Waals surface area (Å²) < 4.78 is 18.9. The second kappa shape index (κ2) is 4.87. The van der Waals surface area contributed by atoms with Crippen LogP contribution in [-0.2, 0) is 4.74 Å². The van der Waals surface area contributed by atoms with E-state index in [1.807, 2.05) is 0 Å². The van der Waals surface area contributed by atoms with E-state index in [0.717, 1.165) is 4.47 Å². The number of aliphatic hydroxyl groups is 1. The number of rotatable bonds is 3. The Kier molecular flexibility index (Phi) is 4.04. The van der Waals surface area contributed by atoms with E-state index < -0.39 is 18.0 Å². The lowest BCUT2D eigenvalue weighted by Crippen LogP contribution is -2.17. The van der Waals surface area contributed by atoms with Gasteiger partial charge in [0.25, 0.3) is 0 Å². The van der Waals surface area contributed by atoms with Crippen molar-refractivity contribution in [3.8, 4) is 0 Å². The highest BCUT2D eigenvalue weighted by atomic mass is 79.9. The molecule has 2 unspecified atom stereocenters. The minimum Gasteiger partial charge on any atom is -0.386 e. The molecule has 0 fully saturated rings. The number of hydrogen-bond donors (Lipinski definition) is 1. The van der Waals surface area contributed by atoms with Gasteiger partial charge in [0.05, 0.1) is 6.10 Å². The molecule has 2 nitrogen and oxygen atoms in total. The number of benzene rings is 1. The van der Waals surface area contributed by atoms with E-state index in [0.29, 0.717) is 0 Å². The Bertz CT molecular complexity index is 317. The molecule has 14 heavy (non-hydrogen) atoms. The third-order valence-corrected chi connectivity index (χ3v) is 2.59. The first-order valence-corrected chi connectivity index (χ1v) is 5.01. The van der Waals surface area contributed by atoms with Crippen LogP contribution in [0.15, 0.2) is 22.7 Å². The Balaban J connectivity index is 2.99. The van der Waals surface area contributed by atoms with Crippen LogP contribution in [0.1, 0.15) is 18.6 Å². The zero-order valence-electron chi connectivity index (χ0n) is 8.00. The average Bonchev–Trinajstić information content (AvgIpc) is 2.19. The van der Waals surface area contributed by atoms with Crippen LogP contribution >= 0.6 is 15.9 Å². The number of aliphatic hydroxyl groups excluding tert-OH is 1. The Morgan fingerprint density at radius 2 is 2.14 bits per heavy atom. The van der Waals surface area contributed by atoms with Crippen LogP contribution < -0.4 is 0 Å². The maximum atomic E-state index is 13.3. The smallest absolute Gasteiger partial charge is 0.129 e. The van der Waals surface area contributed by atoms with Crippen LogP contribution in [0.2, 0.25) is 0 Å². The fourth-order valence-electron chi connectivity index (χ4n) is 1.12. The summed E-state index contributed by atoms with van der Waals surface area (Å²) in [6, 6.07) is 4.45. The van der Waals surface area contributed by atoms with Crippen molar-refractivity contribution < 1.29 is 14.2 Å². The van der Waals surface area contributed by atoms with E-state index in [2.05, 4.69) is 15.9 Å². The molecule has 78 valence electrons. The molecular formula is C10H12BrFO2. The molecule has 1 aromatic carbocycles. The van der Waals surface area contributed by atoms with Gasteiger partial charge < -0.3 is 9.84 Å². The molecule has 1 aromatic rings. The van der Waals surface area contributed by atoms with Gasteiger partial charge in [-0.1, -0.05) is 15.9 Å². The topological polar surface area (TPSA) is 29.5 Å². The van der Waals surface area contributed by atoms with Crippen LogP contribution in [0.25, 0.3) is 0 Å². The second-order valence-electron chi connectivity index (χ2n) is 3.05. The Hall–Kier alpha value is -0.450. The zero-order valence-corrected chi connectivity index (χ0v) is 9.58. The van der Waals surface area contributed by atoms with E-state index in [4.69, 9.17) is 4.74 Å². The summed E-state index contributed by atoms with van der Waals surface area (Å²) >= 11 is 3.22. The number of methoxy groups -OCH3 is 1. The molecular weight excluding hydrogens is 251 g/mol. The molecule has 1 rings (SSSR count). The van der Waals surface area contributed by atoms with Crippen LogP contribution in [0, 0.1) is 5.82 Å². The molecule has 0 heterocycles. The molecule has 0 aromatic heterocycles. The summed E-state index contributed by atoms with van der Waals surface area (Å²) in [4.78, 5) is 0. The normalized spacial score (nSPS) is 15.2. The van der Waals surface area contributed by atoms with Crippen molar-refractivity contribution >= 4 is 15.9 Å². The van der Waals surface area contributed by atoms with Crippen LogP contribution in [0.4, 0.5) is 4.39 Å². The van der Waals surface area contributed by atoms with Crippen molar-refractivity contribution in [3.63, 3.8) is 0 Å². The lowest BCUT2D eigenvalue weighted by molar-refractivity contribution is -0.00316. The molecule has 0 bridgehead atoms. The SMILES string of the molecule is COC(C)C(O)c1cc(Br)ccc1F. The van der Waals surface area contributed by atoms with Crippen molar-refractivity contribution in [2.45, 2.75) is 19.1 Å². The highest BCUT2D eigenvalue weighted by molar-refractivity contribution is 9.10. The van der Waals surface area contributed by atoms with Gasteiger partial charge in [-0.05, 0) is 25.1 Å². The van der Waals surface area contributed by atoms with E-state index >= 15 is 0 Å². The summed E-state index contributed by atoms with van der Waals surface area (Å²) in [5.41, 5.74) is 0.244. The fourth-order valence-corrected chi connectivity index (χ4v) is 1.50. The third-order valence-electron chi connectivity index (χ3n) is 2.09. The summed E-state index contributed by atoms with van der Waals surface area (Å²) in [5, 5.41) is 9.71. The minimum absolute atomic E-state index is 0.244. The zero-order chi connectivity index (χ0) is 10.7. The van der Waals surface area contributed by atoms with Crippen molar-refractivity contribution in [3.05, 3.63) is 34.1 Å². The standard InChI is InChI=1S/C10H12BrFO2/c1-6(14-2)10(13)8-5-7(11)3-4-9(8)12/h3-6,10,13H,1-2H3. The lowest BCUT2D eigenvalue weighted by atomic mass is 10.1. The molecule has 4 heteroatoms. The maximum absolute atomic E-state index is 13.3. The largest absolute Gasteiger partial charge is 0.386 e. The van der Waals surface area contributed by atoms with Crippen LogP contribution in [0.3, 0.4) is 0 Å².